The molecule has 0 saturated heterocycles. The quantitative estimate of drug-likeness (QED) is 0.364. The molecule has 3 nitrogen and oxygen atoms in total. The van der Waals surface area contributed by atoms with E-state index >= 15 is 0 Å². The number of para-hydroxylation sites is 1. The molecule has 0 unspecified atom stereocenters. The zero-order valence-electron chi connectivity index (χ0n) is 17.5. The molecule has 1 heterocycles. The van der Waals surface area contributed by atoms with E-state index in [2.05, 4.69) is 79.3 Å². The summed E-state index contributed by atoms with van der Waals surface area (Å²) in [6.45, 7) is 2.14. The summed E-state index contributed by atoms with van der Waals surface area (Å²) in [5.41, 5.74) is 8.51. The number of ether oxygens (including phenoxy) is 1. The van der Waals surface area contributed by atoms with Crippen LogP contribution in [0.5, 0.6) is 11.5 Å². The van der Waals surface area contributed by atoms with Crippen molar-refractivity contribution in [2.75, 3.05) is 23.9 Å². The lowest BCUT2D eigenvalue weighted by atomic mass is 10.0. The van der Waals surface area contributed by atoms with E-state index < -0.39 is 0 Å². The predicted octanol–water partition coefficient (Wildman–Crippen LogP) is 7.30. The van der Waals surface area contributed by atoms with Crippen molar-refractivity contribution in [3.8, 4) is 22.6 Å². The Balaban J connectivity index is 1.46. The zero-order valence-corrected chi connectivity index (χ0v) is 17.5. The van der Waals surface area contributed by atoms with Gasteiger partial charge in [-0.2, -0.15) is 0 Å². The van der Waals surface area contributed by atoms with Gasteiger partial charge in [0.1, 0.15) is 11.5 Å². The highest BCUT2D eigenvalue weighted by Crippen LogP contribution is 2.47. The van der Waals surface area contributed by atoms with Crippen LogP contribution in [0.4, 0.5) is 22.7 Å². The van der Waals surface area contributed by atoms with Crippen LogP contribution in [-0.4, -0.2) is 14.1 Å². The topological polar surface area (TPSA) is 15.7 Å². The van der Waals surface area contributed by atoms with Crippen LogP contribution in [0.1, 0.15) is 5.56 Å². The molecule has 0 spiro atoms. The molecule has 0 radical (unpaired) electrons. The van der Waals surface area contributed by atoms with Gasteiger partial charge in [-0.3, -0.25) is 0 Å². The number of nitrogens with zero attached hydrogens (tertiary/aromatic N) is 2. The Morgan fingerprint density at radius 3 is 1.80 bits per heavy atom. The molecule has 0 bridgehead atoms. The van der Waals surface area contributed by atoms with Crippen molar-refractivity contribution in [3.63, 3.8) is 0 Å². The summed E-state index contributed by atoms with van der Waals surface area (Å²) < 4.78 is 5.92. The van der Waals surface area contributed by atoms with Crippen molar-refractivity contribution in [3.05, 3.63) is 96.6 Å². The summed E-state index contributed by atoms with van der Waals surface area (Å²) in [5, 5.41) is 0. The fourth-order valence-corrected chi connectivity index (χ4v) is 4.04. The number of benzene rings is 4. The summed E-state index contributed by atoms with van der Waals surface area (Å²) >= 11 is 0. The highest BCUT2D eigenvalue weighted by Gasteiger charge is 2.24. The molecule has 30 heavy (non-hydrogen) atoms. The molecule has 148 valence electrons. The van der Waals surface area contributed by atoms with E-state index in [4.69, 9.17) is 4.74 Å². The van der Waals surface area contributed by atoms with Gasteiger partial charge >= 0.3 is 0 Å². The Kier molecular flexibility index (Phi) is 4.44. The normalized spacial score (nSPS) is 12.4. The van der Waals surface area contributed by atoms with E-state index in [9.17, 15) is 0 Å². The first-order valence-electron chi connectivity index (χ1n) is 10.2. The lowest BCUT2D eigenvalue weighted by Crippen LogP contribution is -2.24. The Labute approximate surface area is 177 Å². The van der Waals surface area contributed by atoms with E-state index in [1.165, 1.54) is 39.4 Å². The molecular formula is C27H24N2O. The molecule has 0 atom stereocenters. The highest BCUT2D eigenvalue weighted by molar-refractivity contribution is 5.94. The average Bonchev–Trinajstić information content (AvgIpc) is 2.78. The summed E-state index contributed by atoms with van der Waals surface area (Å²) in [7, 11) is 4.28. The number of fused-ring (bicyclic) bond motifs is 2. The lowest BCUT2D eigenvalue weighted by molar-refractivity contribution is 0.483. The first-order valence-corrected chi connectivity index (χ1v) is 10.2. The van der Waals surface area contributed by atoms with Crippen LogP contribution < -0.4 is 14.5 Å². The van der Waals surface area contributed by atoms with Crippen LogP contribution >= 0.6 is 0 Å². The fraction of sp³-hybridized carbons (Fsp3) is 0.111. The van der Waals surface area contributed by atoms with Gasteiger partial charge in [0.25, 0.3) is 0 Å². The van der Waals surface area contributed by atoms with Gasteiger partial charge in [0.15, 0.2) is 0 Å². The van der Waals surface area contributed by atoms with Gasteiger partial charge < -0.3 is 14.5 Å². The minimum atomic E-state index is 0.837. The molecule has 0 N–H and O–H groups in total. The minimum Gasteiger partial charge on any atom is -0.457 e. The van der Waals surface area contributed by atoms with Gasteiger partial charge in [0.05, 0.1) is 22.7 Å². The number of rotatable bonds is 3. The van der Waals surface area contributed by atoms with Crippen LogP contribution in [0.15, 0.2) is 91.0 Å². The number of aryl methyl sites for hydroxylation is 1. The lowest BCUT2D eigenvalue weighted by Gasteiger charge is -2.37. The minimum absolute atomic E-state index is 0.837. The molecule has 4 aromatic rings. The maximum Gasteiger partial charge on any atom is 0.127 e. The van der Waals surface area contributed by atoms with Crippen LogP contribution in [0.25, 0.3) is 11.1 Å². The second kappa shape index (κ2) is 7.27. The Bertz CT molecular complexity index is 1200. The molecule has 0 aliphatic carbocycles. The van der Waals surface area contributed by atoms with Crippen LogP contribution in [0.3, 0.4) is 0 Å². The Morgan fingerprint density at radius 2 is 1.10 bits per heavy atom. The first kappa shape index (κ1) is 18.3. The SMILES string of the molecule is Cc1ccc2c(c1)N(C)c1ccc(-c3ccc(Oc4ccccc4)cc3)cc1N2C. The van der Waals surface area contributed by atoms with Crippen molar-refractivity contribution in [2.45, 2.75) is 6.92 Å². The van der Waals surface area contributed by atoms with Crippen LogP contribution in [0.2, 0.25) is 0 Å². The maximum absolute atomic E-state index is 5.92. The maximum atomic E-state index is 5.92. The molecule has 0 aromatic heterocycles. The molecule has 1 aliphatic heterocycles. The molecule has 5 rings (SSSR count). The number of anilines is 4. The van der Waals surface area contributed by atoms with E-state index in [1.807, 2.05) is 42.5 Å². The standard InChI is InChI=1S/C27H24N2O/c1-19-9-15-24-26(17-19)28(2)25-16-12-21(18-27(25)29(24)3)20-10-13-23(14-11-20)30-22-7-5-4-6-8-22/h4-18H,1-3H3. The second-order valence-electron chi connectivity index (χ2n) is 7.75. The third-order valence-electron chi connectivity index (χ3n) is 5.72. The van der Waals surface area contributed by atoms with Gasteiger partial charge in [-0.1, -0.05) is 42.5 Å². The second-order valence-corrected chi connectivity index (χ2v) is 7.75. The molecule has 4 aromatic carbocycles. The average molecular weight is 393 g/mol. The number of hydrogen-bond acceptors (Lipinski definition) is 3. The largest absolute Gasteiger partial charge is 0.457 e. The highest BCUT2D eigenvalue weighted by atomic mass is 16.5. The van der Waals surface area contributed by atoms with Crippen molar-refractivity contribution in [1.82, 2.24) is 0 Å². The van der Waals surface area contributed by atoms with Gasteiger partial charge in [0.2, 0.25) is 0 Å². The summed E-state index contributed by atoms with van der Waals surface area (Å²) in [4.78, 5) is 4.55. The summed E-state index contributed by atoms with van der Waals surface area (Å²) in [6.07, 6.45) is 0. The summed E-state index contributed by atoms with van der Waals surface area (Å²) in [6, 6.07) is 31.4. The van der Waals surface area contributed by atoms with Gasteiger partial charge in [-0.25, -0.2) is 0 Å². The predicted molar refractivity (Wildman–Crippen MR) is 126 cm³/mol. The van der Waals surface area contributed by atoms with Gasteiger partial charge in [-0.15, -0.1) is 0 Å². The van der Waals surface area contributed by atoms with Crippen LogP contribution in [0, 0.1) is 6.92 Å². The third-order valence-corrected chi connectivity index (χ3v) is 5.72. The van der Waals surface area contributed by atoms with Crippen molar-refractivity contribution < 1.29 is 4.74 Å². The molecule has 3 heteroatoms. The molecule has 0 saturated carbocycles. The fourth-order valence-electron chi connectivity index (χ4n) is 4.04. The van der Waals surface area contributed by atoms with E-state index in [1.54, 1.807) is 0 Å². The van der Waals surface area contributed by atoms with Crippen molar-refractivity contribution in [2.24, 2.45) is 0 Å². The molecule has 0 fully saturated rings. The van der Waals surface area contributed by atoms with E-state index in [-0.39, 0.29) is 0 Å². The van der Waals surface area contributed by atoms with E-state index in [0.29, 0.717) is 0 Å². The monoisotopic (exact) mass is 392 g/mol. The first-order chi connectivity index (χ1) is 14.6. The van der Waals surface area contributed by atoms with E-state index in [0.717, 1.165) is 11.5 Å². The van der Waals surface area contributed by atoms with Gasteiger partial charge in [0, 0.05) is 14.1 Å². The van der Waals surface area contributed by atoms with Crippen molar-refractivity contribution >= 4 is 22.7 Å². The molecular weight excluding hydrogens is 368 g/mol. The van der Waals surface area contributed by atoms with Gasteiger partial charge in [-0.05, 0) is 72.1 Å². The molecule has 1 aliphatic rings. The van der Waals surface area contributed by atoms with Crippen LogP contribution in [-0.2, 0) is 0 Å². The smallest absolute Gasteiger partial charge is 0.127 e. The Morgan fingerprint density at radius 1 is 0.533 bits per heavy atom. The zero-order chi connectivity index (χ0) is 20.7. The van der Waals surface area contributed by atoms with Crippen molar-refractivity contribution in [1.29, 1.82) is 0 Å². The number of hydrogen-bond donors (Lipinski definition) is 0. The third kappa shape index (κ3) is 3.18. The Hall–Kier alpha value is -3.72. The molecule has 0 amide bonds. The summed E-state index contributed by atoms with van der Waals surface area (Å²) in [5.74, 6) is 1.68.